The summed E-state index contributed by atoms with van der Waals surface area (Å²) in [5.41, 5.74) is 5.10. The van der Waals surface area contributed by atoms with E-state index in [9.17, 15) is 13.6 Å². The zero-order valence-corrected chi connectivity index (χ0v) is 9.15. The molecule has 0 fully saturated rings. The largest absolute Gasteiger partial charge is 0.478 e. The van der Waals surface area contributed by atoms with Crippen molar-refractivity contribution in [1.82, 2.24) is 0 Å². The number of nitrogens with two attached hydrogens (primary N) is 1. The quantitative estimate of drug-likeness (QED) is 0.804. The Balaban J connectivity index is 2.59. The molecule has 0 bridgehead atoms. The van der Waals surface area contributed by atoms with Gasteiger partial charge in [-0.2, -0.15) is 0 Å². The van der Waals surface area contributed by atoms with Gasteiger partial charge >= 0.3 is 5.97 Å². The average Bonchev–Trinajstić information content (AvgIpc) is 2.36. The van der Waals surface area contributed by atoms with E-state index in [2.05, 4.69) is 0 Å². The highest BCUT2D eigenvalue weighted by molar-refractivity contribution is 5.89. The standard InChI is InChI=1S/C13H9F2NO2/c14-10-5-4-9(11(15)12(10)16)7-2-1-3-8(6-7)13(17)18/h1-6H,16H2,(H,17,18). The van der Waals surface area contributed by atoms with Crippen LogP contribution >= 0.6 is 0 Å². The topological polar surface area (TPSA) is 63.3 Å². The van der Waals surface area contributed by atoms with Gasteiger partial charge in [0.15, 0.2) is 5.82 Å². The van der Waals surface area contributed by atoms with Gasteiger partial charge in [-0.15, -0.1) is 0 Å². The third-order valence-corrected chi connectivity index (χ3v) is 2.55. The lowest BCUT2D eigenvalue weighted by Crippen LogP contribution is -1.99. The lowest BCUT2D eigenvalue weighted by Gasteiger charge is -2.07. The summed E-state index contributed by atoms with van der Waals surface area (Å²) in [6.07, 6.45) is 0. The normalized spacial score (nSPS) is 10.3. The number of aromatic carboxylic acids is 1. The number of carbonyl (C=O) groups is 1. The molecule has 0 amide bonds. The zero-order valence-electron chi connectivity index (χ0n) is 9.15. The molecule has 0 heterocycles. The smallest absolute Gasteiger partial charge is 0.335 e. The van der Waals surface area contributed by atoms with Crippen molar-refractivity contribution in [2.75, 3.05) is 5.73 Å². The van der Waals surface area contributed by atoms with Crippen molar-refractivity contribution in [2.24, 2.45) is 0 Å². The van der Waals surface area contributed by atoms with E-state index < -0.39 is 23.3 Å². The van der Waals surface area contributed by atoms with Gasteiger partial charge in [0.1, 0.15) is 11.5 Å². The van der Waals surface area contributed by atoms with Crippen LogP contribution in [-0.2, 0) is 0 Å². The van der Waals surface area contributed by atoms with Gasteiger partial charge in [0.25, 0.3) is 0 Å². The Morgan fingerprint density at radius 3 is 2.56 bits per heavy atom. The molecule has 2 aromatic carbocycles. The molecule has 0 spiro atoms. The number of anilines is 1. The van der Waals surface area contributed by atoms with E-state index in [1.165, 1.54) is 30.3 Å². The molecule has 0 unspecified atom stereocenters. The number of halogens is 2. The minimum absolute atomic E-state index is 0.0230. The molecule has 2 aromatic rings. The molecule has 0 aromatic heterocycles. The Morgan fingerprint density at radius 2 is 1.89 bits per heavy atom. The Bertz CT molecular complexity index is 626. The third kappa shape index (κ3) is 2.02. The van der Waals surface area contributed by atoms with Crippen LogP contribution in [0.4, 0.5) is 14.5 Å². The van der Waals surface area contributed by atoms with E-state index in [-0.39, 0.29) is 11.1 Å². The summed E-state index contributed by atoms with van der Waals surface area (Å²) in [7, 11) is 0. The highest BCUT2D eigenvalue weighted by Gasteiger charge is 2.13. The Morgan fingerprint density at radius 1 is 1.17 bits per heavy atom. The van der Waals surface area contributed by atoms with Crippen molar-refractivity contribution >= 4 is 11.7 Å². The maximum absolute atomic E-state index is 13.8. The Labute approximate surface area is 101 Å². The first-order chi connectivity index (χ1) is 8.50. The molecule has 3 N–H and O–H groups in total. The number of nitrogen functional groups attached to an aromatic ring is 1. The summed E-state index contributed by atoms with van der Waals surface area (Å²) in [6.45, 7) is 0. The van der Waals surface area contributed by atoms with Crippen molar-refractivity contribution in [2.45, 2.75) is 0 Å². The maximum atomic E-state index is 13.8. The summed E-state index contributed by atoms with van der Waals surface area (Å²) >= 11 is 0. The van der Waals surface area contributed by atoms with Gasteiger partial charge < -0.3 is 10.8 Å². The number of carboxylic acids is 1. The van der Waals surface area contributed by atoms with E-state index in [1.807, 2.05) is 0 Å². The van der Waals surface area contributed by atoms with Crippen LogP contribution in [0.2, 0.25) is 0 Å². The summed E-state index contributed by atoms with van der Waals surface area (Å²) in [6, 6.07) is 7.97. The highest BCUT2D eigenvalue weighted by Crippen LogP contribution is 2.28. The van der Waals surface area contributed by atoms with Crippen molar-refractivity contribution < 1.29 is 18.7 Å². The molecule has 0 radical (unpaired) electrons. The van der Waals surface area contributed by atoms with Crippen LogP contribution in [0.1, 0.15) is 10.4 Å². The van der Waals surface area contributed by atoms with Crippen molar-refractivity contribution in [3.05, 3.63) is 53.6 Å². The minimum Gasteiger partial charge on any atom is -0.478 e. The van der Waals surface area contributed by atoms with E-state index in [1.54, 1.807) is 0 Å². The van der Waals surface area contributed by atoms with Crippen LogP contribution in [0.3, 0.4) is 0 Å². The first-order valence-electron chi connectivity index (χ1n) is 5.08. The predicted octanol–water partition coefficient (Wildman–Crippen LogP) is 2.91. The van der Waals surface area contributed by atoms with Crippen LogP contribution in [0.15, 0.2) is 36.4 Å². The fraction of sp³-hybridized carbons (Fsp3) is 0. The molecule has 0 aliphatic heterocycles. The van der Waals surface area contributed by atoms with Crippen molar-refractivity contribution in [3.63, 3.8) is 0 Å². The summed E-state index contributed by atoms with van der Waals surface area (Å²) in [5.74, 6) is -2.85. The fourth-order valence-electron chi connectivity index (χ4n) is 1.61. The minimum atomic E-state index is -1.12. The molecule has 92 valence electrons. The Hall–Kier alpha value is -2.43. The average molecular weight is 249 g/mol. The van der Waals surface area contributed by atoms with Crippen LogP contribution < -0.4 is 5.73 Å². The van der Waals surface area contributed by atoms with Gasteiger partial charge in [0, 0.05) is 5.56 Å². The summed E-state index contributed by atoms with van der Waals surface area (Å²) in [4.78, 5) is 10.8. The van der Waals surface area contributed by atoms with Crippen LogP contribution in [0.5, 0.6) is 0 Å². The monoisotopic (exact) mass is 249 g/mol. The molecular weight excluding hydrogens is 240 g/mol. The lowest BCUT2D eigenvalue weighted by atomic mass is 10.0. The van der Waals surface area contributed by atoms with E-state index in [0.29, 0.717) is 5.56 Å². The van der Waals surface area contributed by atoms with Gasteiger partial charge in [-0.1, -0.05) is 12.1 Å². The molecule has 0 saturated heterocycles. The summed E-state index contributed by atoms with van der Waals surface area (Å²) in [5, 5.41) is 8.85. The molecule has 5 heteroatoms. The molecular formula is C13H9F2NO2. The number of hydrogen-bond donors (Lipinski definition) is 2. The molecule has 2 rings (SSSR count). The maximum Gasteiger partial charge on any atom is 0.335 e. The second-order valence-electron chi connectivity index (χ2n) is 3.71. The molecule has 0 aliphatic rings. The van der Waals surface area contributed by atoms with Crippen molar-refractivity contribution in [1.29, 1.82) is 0 Å². The number of rotatable bonds is 2. The van der Waals surface area contributed by atoms with E-state index in [4.69, 9.17) is 10.8 Å². The van der Waals surface area contributed by atoms with Gasteiger partial charge in [0.05, 0.1) is 5.56 Å². The van der Waals surface area contributed by atoms with E-state index in [0.717, 1.165) is 6.07 Å². The lowest BCUT2D eigenvalue weighted by molar-refractivity contribution is 0.0697. The Kier molecular flexibility index (Phi) is 2.97. The van der Waals surface area contributed by atoms with Gasteiger partial charge in [0.2, 0.25) is 0 Å². The van der Waals surface area contributed by atoms with Gasteiger partial charge in [-0.3, -0.25) is 0 Å². The van der Waals surface area contributed by atoms with Crippen LogP contribution in [0, 0.1) is 11.6 Å². The van der Waals surface area contributed by atoms with E-state index >= 15 is 0 Å². The van der Waals surface area contributed by atoms with Crippen LogP contribution in [0.25, 0.3) is 11.1 Å². The summed E-state index contributed by atoms with van der Waals surface area (Å²) < 4.78 is 26.8. The number of hydrogen-bond acceptors (Lipinski definition) is 2. The molecule has 0 atom stereocenters. The predicted molar refractivity (Wildman–Crippen MR) is 63.2 cm³/mol. The first kappa shape index (κ1) is 12.0. The second-order valence-corrected chi connectivity index (χ2v) is 3.71. The second kappa shape index (κ2) is 4.44. The molecule has 18 heavy (non-hydrogen) atoms. The first-order valence-corrected chi connectivity index (χ1v) is 5.08. The molecule has 3 nitrogen and oxygen atoms in total. The van der Waals surface area contributed by atoms with Crippen LogP contribution in [-0.4, -0.2) is 11.1 Å². The third-order valence-electron chi connectivity index (χ3n) is 2.55. The van der Waals surface area contributed by atoms with Crippen molar-refractivity contribution in [3.8, 4) is 11.1 Å². The SMILES string of the molecule is Nc1c(F)ccc(-c2cccc(C(=O)O)c2)c1F. The van der Waals surface area contributed by atoms with Gasteiger partial charge in [-0.05, 0) is 29.8 Å². The molecule has 0 saturated carbocycles. The van der Waals surface area contributed by atoms with Gasteiger partial charge in [-0.25, -0.2) is 13.6 Å². The highest BCUT2D eigenvalue weighted by atomic mass is 19.1. The fourth-order valence-corrected chi connectivity index (χ4v) is 1.61. The number of carboxylic acid groups (broad SMARTS) is 1. The molecule has 0 aliphatic carbocycles. The zero-order chi connectivity index (χ0) is 13.3. The number of benzene rings is 2.